The summed E-state index contributed by atoms with van der Waals surface area (Å²) in [5.74, 6) is -0.596. The molecule has 0 saturated heterocycles. The van der Waals surface area contributed by atoms with E-state index < -0.39 is 16.1 Å². The number of nitrogens with one attached hydrogen (secondary N) is 3. The zero-order valence-corrected chi connectivity index (χ0v) is 19.5. The van der Waals surface area contributed by atoms with Crippen LogP contribution in [0.25, 0.3) is 0 Å². The predicted octanol–water partition coefficient (Wildman–Crippen LogP) is 3.38. The molecule has 0 heterocycles. The van der Waals surface area contributed by atoms with E-state index in [1.807, 2.05) is 32.9 Å². The Hall–Kier alpha value is -2.97. The zero-order chi connectivity index (χ0) is 23.7. The molecule has 0 aliphatic heterocycles. The Morgan fingerprint density at radius 3 is 2.31 bits per heavy atom. The van der Waals surface area contributed by atoms with Gasteiger partial charge < -0.3 is 10.6 Å². The van der Waals surface area contributed by atoms with E-state index in [4.69, 9.17) is 0 Å². The van der Waals surface area contributed by atoms with Gasteiger partial charge in [-0.1, -0.05) is 50.3 Å². The van der Waals surface area contributed by atoms with Crippen LogP contribution in [0.2, 0.25) is 0 Å². The standard InChI is InChI=1S/C24H31N3O4S/c1-5-14-25-32(30,31)16-19-10-12-20(13-11-19)26-24(29)22(15-17(2)3)27-23(28)21-9-7-6-8-18(21)4/h5-13,17,22,25H,1,14-16H2,2-4H3,(H,26,29)(H,27,28). The summed E-state index contributed by atoms with van der Waals surface area (Å²) in [5, 5.41) is 5.65. The molecule has 7 nitrogen and oxygen atoms in total. The van der Waals surface area contributed by atoms with Gasteiger partial charge in [0.25, 0.3) is 5.91 Å². The van der Waals surface area contributed by atoms with Gasteiger partial charge in [0.15, 0.2) is 0 Å². The second-order valence-corrected chi connectivity index (χ2v) is 9.86. The predicted molar refractivity (Wildman–Crippen MR) is 128 cm³/mol. The Kier molecular flexibility index (Phi) is 9.16. The fourth-order valence-electron chi connectivity index (χ4n) is 3.14. The van der Waals surface area contributed by atoms with Crippen LogP contribution in [-0.4, -0.2) is 32.8 Å². The number of sulfonamides is 1. The number of carbonyl (C=O) groups excluding carboxylic acids is 2. The van der Waals surface area contributed by atoms with Crippen LogP contribution in [0.1, 0.15) is 41.8 Å². The van der Waals surface area contributed by atoms with E-state index in [-0.39, 0.29) is 30.0 Å². The molecular formula is C24H31N3O4S. The molecule has 0 bridgehead atoms. The van der Waals surface area contributed by atoms with Crippen molar-refractivity contribution in [3.05, 3.63) is 77.9 Å². The largest absolute Gasteiger partial charge is 0.340 e. The fourth-order valence-corrected chi connectivity index (χ4v) is 4.24. The highest BCUT2D eigenvalue weighted by atomic mass is 32.2. The van der Waals surface area contributed by atoms with Gasteiger partial charge in [-0.05, 0) is 48.6 Å². The van der Waals surface area contributed by atoms with E-state index in [2.05, 4.69) is 21.9 Å². The molecule has 2 aromatic rings. The van der Waals surface area contributed by atoms with Gasteiger partial charge in [-0.2, -0.15) is 0 Å². The Labute approximate surface area is 190 Å². The molecule has 2 rings (SSSR count). The molecule has 1 atom stereocenters. The fraction of sp³-hybridized carbons (Fsp3) is 0.333. The lowest BCUT2D eigenvalue weighted by Crippen LogP contribution is -2.44. The smallest absolute Gasteiger partial charge is 0.252 e. The van der Waals surface area contributed by atoms with Gasteiger partial charge in [0.2, 0.25) is 15.9 Å². The number of benzene rings is 2. The Balaban J connectivity index is 2.07. The Morgan fingerprint density at radius 2 is 1.72 bits per heavy atom. The Morgan fingerprint density at radius 1 is 1.06 bits per heavy atom. The molecule has 0 radical (unpaired) electrons. The molecule has 0 spiro atoms. The van der Waals surface area contributed by atoms with Crippen molar-refractivity contribution in [2.75, 3.05) is 11.9 Å². The third kappa shape index (κ3) is 7.94. The van der Waals surface area contributed by atoms with Gasteiger partial charge in [-0.15, -0.1) is 6.58 Å². The molecule has 32 heavy (non-hydrogen) atoms. The lowest BCUT2D eigenvalue weighted by Gasteiger charge is -2.21. The van der Waals surface area contributed by atoms with Crippen LogP contribution in [-0.2, 0) is 20.6 Å². The van der Waals surface area contributed by atoms with Crippen molar-refractivity contribution < 1.29 is 18.0 Å². The highest BCUT2D eigenvalue weighted by Crippen LogP contribution is 2.15. The molecule has 1 unspecified atom stereocenters. The molecule has 0 aliphatic rings. The number of amides is 2. The van der Waals surface area contributed by atoms with Crippen molar-refractivity contribution in [1.29, 1.82) is 0 Å². The minimum absolute atomic E-state index is 0.169. The second kappa shape index (κ2) is 11.6. The van der Waals surface area contributed by atoms with Crippen molar-refractivity contribution in [2.24, 2.45) is 5.92 Å². The van der Waals surface area contributed by atoms with E-state index in [0.717, 1.165) is 5.56 Å². The van der Waals surface area contributed by atoms with Crippen LogP contribution in [0.3, 0.4) is 0 Å². The molecule has 0 saturated carbocycles. The van der Waals surface area contributed by atoms with Crippen molar-refractivity contribution in [1.82, 2.24) is 10.0 Å². The lowest BCUT2D eigenvalue weighted by atomic mass is 10.0. The van der Waals surface area contributed by atoms with Crippen LogP contribution in [0.4, 0.5) is 5.69 Å². The number of hydrogen-bond donors (Lipinski definition) is 3. The maximum absolute atomic E-state index is 12.9. The molecule has 0 fully saturated rings. The van der Waals surface area contributed by atoms with Crippen molar-refractivity contribution in [3.63, 3.8) is 0 Å². The molecule has 3 N–H and O–H groups in total. The van der Waals surface area contributed by atoms with Crippen LogP contribution in [0, 0.1) is 12.8 Å². The average molecular weight is 458 g/mol. The van der Waals surface area contributed by atoms with Crippen LogP contribution in [0.5, 0.6) is 0 Å². The topological polar surface area (TPSA) is 104 Å². The first kappa shape index (κ1) is 25.3. The number of rotatable bonds is 11. The zero-order valence-electron chi connectivity index (χ0n) is 18.7. The van der Waals surface area contributed by atoms with E-state index in [1.165, 1.54) is 6.08 Å². The number of hydrogen-bond acceptors (Lipinski definition) is 4. The monoisotopic (exact) mass is 457 g/mol. The van der Waals surface area contributed by atoms with Gasteiger partial charge in [-0.3, -0.25) is 9.59 Å². The van der Waals surface area contributed by atoms with E-state index in [9.17, 15) is 18.0 Å². The van der Waals surface area contributed by atoms with E-state index in [0.29, 0.717) is 23.2 Å². The molecular weight excluding hydrogens is 426 g/mol. The molecule has 2 amide bonds. The summed E-state index contributed by atoms with van der Waals surface area (Å²) in [6.07, 6.45) is 1.95. The number of aryl methyl sites for hydroxylation is 1. The SMILES string of the molecule is C=CCNS(=O)(=O)Cc1ccc(NC(=O)C(CC(C)C)NC(=O)c2ccccc2C)cc1. The van der Waals surface area contributed by atoms with Crippen LogP contribution in [0.15, 0.2) is 61.2 Å². The minimum Gasteiger partial charge on any atom is -0.340 e. The Bertz CT molecular complexity index is 1050. The molecule has 172 valence electrons. The average Bonchev–Trinajstić information content (AvgIpc) is 2.73. The first-order valence-corrected chi connectivity index (χ1v) is 12.1. The van der Waals surface area contributed by atoms with Gasteiger partial charge in [0.1, 0.15) is 6.04 Å². The lowest BCUT2D eigenvalue weighted by molar-refractivity contribution is -0.118. The molecule has 8 heteroatoms. The van der Waals surface area contributed by atoms with Crippen molar-refractivity contribution in [3.8, 4) is 0 Å². The van der Waals surface area contributed by atoms with Gasteiger partial charge in [0.05, 0.1) is 5.75 Å². The van der Waals surface area contributed by atoms with Crippen molar-refractivity contribution in [2.45, 2.75) is 39.0 Å². The van der Waals surface area contributed by atoms with Crippen molar-refractivity contribution >= 4 is 27.5 Å². The van der Waals surface area contributed by atoms with Gasteiger partial charge >= 0.3 is 0 Å². The summed E-state index contributed by atoms with van der Waals surface area (Å²) in [6, 6.07) is 13.1. The third-order valence-electron chi connectivity index (χ3n) is 4.74. The second-order valence-electron chi connectivity index (χ2n) is 8.05. The summed E-state index contributed by atoms with van der Waals surface area (Å²) >= 11 is 0. The maximum Gasteiger partial charge on any atom is 0.252 e. The van der Waals surface area contributed by atoms with Gasteiger partial charge in [-0.25, -0.2) is 13.1 Å². The minimum atomic E-state index is -3.46. The molecule has 0 aliphatic carbocycles. The summed E-state index contributed by atoms with van der Waals surface area (Å²) in [4.78, 5) is 25.6. The molecule has 0 aromatic heterocycles. The van der Waals surface area contributed by atoms with Gasteiger partial charge in [0, 0.05) is 17.8 Å². The number of anilines is 1. The normalized spacial score (nSPS) is 12.2. The van der Waals surface area contributed by atoms with E-state index in [1.54, 1.807) is 36.4 Å². The highest BCUT2D eigenvalue weighted by molar-refractivity contribution is 7.88. The van der Waals surface area contributed by atoms with E-state index >= 15 is 0 Å². The maximum atomic E-state index is 12.9. The molecule has 2 aromatic carbocycles. The summed E-state index contributed by atoms with van der Waals surface area (Å²) in [5.41, 5.74) is 2.48. The summed E-state index contributed by atoms with van der Waals surface area (Å²) in [6.45, 7) is 9.47. The van der Waals surface area contributed by atoms with Crippen LogP contribution >= 0.6 is 0 Å². The quantitative estimate of drug-likeness (QED) is 0.450. The summed E-state index contributed by atoms with van der Waals surface area (Å²) < 4.78 is 26.4. The first-order valence-electron chi connectivity index (χ1n) is 10.5. The third-order valence-corrected chi connectivity index (χ3v) is 6.06. The number of carbonyl (C=O) groups is 2. The van der Waals surface area contributed by atoms with Crippen LogP contribution < -0.4 is 15.4 Å². The summed E-state index contributed by atoms with van der Waals surface area (Å²) in [7, 11) is -3.46. The highest BCUT2D eigenvalue weighted by Gasteiger charge is 2.23. The first-order chi connectivity index (χ1) is 15.1.